The largest absolute Gasteiger partial charge is 0.380 e. The van der Waals surface area contributed by atoms with Gasteiger partial charge in [0.05, 0.1) is 6.61 Å². The second kappa shape index (κ2) is 8.04. The van der Waals surface area contributed by atoms with Gasteiger partial charge >= 0.3 is 0 Å². The monoisotopic (exact) mass is 228 g/mol. The minimum absolute atomic E-state index is 0.674. The molecule has 0 aromatic heterocycles. The van der Waals surface area contributed by atoms with Gasteiger partial charge in [0.1, 0.15) is 0 Å². The lowest BCUT2D eigenvalue weighted by atomic mass is 9.94. The molecule has 3 heteroatoms. The Morgan fingerprint density at radius 1 is 1.25 bits per heavy atom. The zero-order valence-electron chi connectivity index (χ0n) is 11.0. The van der Waals surface area contributed by atoms with Crippen LogP contribution in [-0.4, -0.2) is 44.3 Å². The predicted molar refractivity (Wildman–Crippen MR) is 68.5 cm³/mol. The molecule has 1 fully saturated rings. The summed E-state index contributed by atoms with van der Waals surface area (Å²) in [6.45, 7) is 5.59. The molecule has 0 amide bonds. The topological polar surface area (TPSA) is 38.5 Å². The first kappa shape index (κ1) is 13.9. The lowest BCUT2D eigenvalue weighted by molar-refractivity contribution is 0.0897. The molecule has 2 N–H and O–H groups in total. The second-order valence-corrected chi connectivity index (χ2v) is 4.88. The Bertz CT molecular complexity index is 175. The van der Waals surface area contributed by atoms with Gasteiger partial charge in [-0.05, 0) is 39.3 Å². The van der Waals surface area contributed by atoms with Crippen LogP contribution in [0.3, 0.4) is 0 Å². The van der Waals surface area contributed by atoms with Crippen molar-refractivity contribution in [2.75, 3.05) is 33.4 Å². The van der Waals surface area contributed by atoms with Crippen LogP contribution >= 0.6 is 0 Å². The van der Waals surface area contributed by atoms with Gasteiger partial charge in [0.15, 0.2) is 0 Å². The zero-order chi connectivity index (χ0) is 11.8. The molecule has 1 saturated carbocycles. The van der Waals surface area contributed by atoms with Crippen molar-refractivity contribution in [2.45, 2.75) is 45.1 Å². The summed E-state index contributed by atoms with van der Waals surface area (Å²) in [7, 11) is 2.22. The summed E-state index contributed by atoms with van der Waals surface area (Å²) in [5, 5.41) is 0. The molecular weight excluding hydrogens is 200 g/mol. The van der Waals surface area contributed by atoms with E-state index in [1.54, 1.807) is 0 Å². The van der Waals surface area contributed by atoms with Gasteiger partial charge < -0.3 is 15.4 Å². The van der Waals surface area contributed by atoms with Crippen molar-refractivity contribution in [3.8, 4) is 0 Å². The van der Waals surface area contributed by atoms with Crippen LogP contribution in [0.1, 0.15) is 39.0 Å². The Labute approximate surface area is 100 Å². The molecule has 1 aliphatic rings. The Balaban J connectivity index is 2.39. The summed E-state index contributed by atoms with van der Waals surface area (Å²) in [5.41, 5.74) is 5.90. The fourth-order valence-corrected chi connectivity index (χ4v) is 2.74. The standard InChI is InChI=1S/C13H28N2O/c1-3-16-10-9-15(2)13-8-6-4-5-7-12(13)11-14/h12-13H,3-11,14H2,1-2H3. The maximum absolute atomic E-state index is 5.90. The molecule has 2 atom stereocenters. The van der Waals surface area contributed by atoms with E-state index in [0.717, 1.165) is 26.3 Å². The van der Waals surface area contributed by atoms with Crippen LogP contribution in [0.5, 0.6) is 0 Å². The highest BCUT2D eigenvalue weighted by Gasteiger charge is 2.25. The van der Waals surface area contributed by atoms with Crippen LogP contribution < -0.4 is 5.73 Å². The van der Waals surface area contributed by atoms with Crippen LogP contribution in [0.4, 0.5) is 0 Å². The summed E-state index contributed by atoms with van der Waals surface area (Å²) in [5.74, 6) is 0.689. The van der Waals surface area contributed by atoms with Gasteiger partial charge in [-0.2, -0.15) is 0 Å². The first-order valence-electron chi connectivity index (χ1n) is 6.77. The van der Waals surface area contributed by atoms with Crippen LogP contribution in [0.15, 0.2) is 0 Å². The van der Waals surface area contributed by atoms with Gasteiger partial charge in [0.25, 0.3) is 0 Å². The van der Waals surface area contributed by atoms with Crippen molar-refractivity contribution < 1.29 is 4.74 Å². The van der Waals surface area contributed by atoms with Gasteiger partial charge in [-0.3, -0.25) is 0 Å². The maximum Gasteiger partial charge on any atom is 0.0593 e. The fourth-order valence-electron chi connectivity index (χ4n) is 2.74. The lowest BCUT2D eigenvalue weighted by Gasteiger charge is -2.32. The van der Waals surface area contributed by atoms with E-state index in [1.807, 2.05) is 6.92 Å². The molecule has 0 aromatic carbocycles. The molecule has 0 bridgehead atoms. The number of likely N-dealkylation sites (N-methyl/N-ethyl adjacent to an activating group) is 1. The van der Waals surface area contributed by atoms with Gasteiger partial charge in [-0.25, -0.2) is 0 Å². The van der Waals surface area contributed by atoms with Gasteiger partial charge in [-0.15, -0.1) is 0 Å². The van der Waals surface area contributed by atoms with Crippen molar-refractivity contribution in [1.29, 1.82) is 0 Å². The normalized spacial score (nSPS) is 27.0. The van der Waals surface area contributed by atoms with E-state index in [1.165, 1.54) is 32.1 Å². The highest BCUT2D eigenvalue weighted by molar-refractivity contribution is 4.81. The molecule has 0 heterocycles. The van der Waals surface area contributed by atoms with E-state index in [0.29, 0.717) is 12.0 Å². The van der Waals surface area contributed by atoms with Gasteiger partial charge in [0.2, 0.25) is 0 Å². The highest BCUT2D eigenvalue weighted by Crippen LogP contribution is 2.25. The van der Waals surface area contributed by atoms with E-state index >= 15 is 0 Å². The molecule has 1 aliphatic carbocycles. The first-order chi connectivity index (χ1) is 7.79. The van der Waals surface area contributed by atoms with Crippen molar-refractivity contribution in [2.24, 2.45) is 11.7 Å². The van der Waals surface area contributed by atoms with E-state index in [9.17, 15) is 0 Å². The number of nitrogens with zero attached hydrogens (tertiary/aromatic N) is 1. The Morgan fingerprint density at radius 3 is 2.69 bits per heavy atom. The summed E-state index contributed by atoms with van der Waals surface area (Å²) in [6.07, 6.45) is 6.72. The molecule has 0 radical (unpaired) electrons. The predicted octanol–water partition coefficient (Wildman–Crippen LogP) is 1.86. The zero-order valence-corrected chi connectivity index (χ0v) is 11.0. The smallest absolute Gasteiger partial charge is 0.0593 e. The molecule has 96 valence electrons. The molecule has 16 heavy (non-hydrogen) atoms. The second-order valence-electron chi connectivity index (χ2n) is 4.88. The van der Waals surface area contributed by atoms with Crippen LogP contribution in [-0.2, 0) is 4.74 Å². The fraction of sp³-hybridized carbons (Fsp3) is 1.00. The first-order valence-corrected chi connectivity index (χ1v) is 6.77. The quantitative estimate of drug-likeness (QED) is 0.557. The lowest BCUT2D eigenvalue weighted by Crippen LogP contribution is -2.42. The molecule has 0 aliphatic heterocycles. The molecule has 0 spiro atoms. The number of hydrogen-bond donors (Lipinski definition) is 1. The van der Waals surface area contributed by atoms with Gasteiger partial charge in [-0.1, -0.05) is 19.3 Å². The van der Waals surface area contributed by atoms with Crippen LogP contribution in [0.25, 0.3) is 0 Å². The summed E-state index contributed by atoms with van der Waals surface area (Å²) >= 11 is 0. The van der Waals surface area contributed by atoms with E-state index in [2.05, 4.69) is 11.9 Å². The third-order valence-electron chi connectivity index (χ3n) is 3.78. The Kier molecular flexibility index (Phi) is 7.01. The van der Waals surface area contributed by atoms with Crippen molar-refractivity contribution in [3.63, 3.8) is 0 Å². The Hall–Kier alpha value is -0.120. The average Bonchev–Trinajstić information content (AvgIpc) is 2.54. The van der Waals surface area contributed by atoms with Crippen molar-refractivity contribution >= 4 is 0 Å². The van der Waals surface area contributed by atoms with Crippen LogP contribution in [0, 0.1) is 5.92 Å². The molecule has 0 saturated heterocycles. The minimum Gasteiger partial charge on any atom is -0.380 e. The summed E-state index contributed by atoms with van der Waals surface area (Å²) in [4.78, 5) is 2.46. The number of nitrogens with two attached hydrogens (primary N) is 1. The Morgan fingerprint density at radius 2 is 2.00 bits per heavy atom. The summed E-state index contributed by atoms with van der Waals surface area (Å²) < 4.78 is 5.42. The molecular formula is C13H28N2O. The minimum atomic E-state index is 0.674. The highest BCUT2D eigenvalue weighted by atomic mass is 16.5. The van der Waals surface area contributed by atoms with Crippen molar-refractivity contribution in [3.05, 3.63) is 0 Å². The molecule has 1 rings (SSSR count). The summed E-state index contributed by atoms with van der Waals surface area (Å²) in [6, 6.07) is 0.674. The molecule has 0 aromatic rings. The van der Waals surface area contributed by atoms with Gasteiger partial charge in [0, 0.05) is 19.2 Å². The number of hydrogen-bond acceptors (Lipinski definition) is 3. The molecule has 3 nitrogen and oxygen atoms in total. The van der Waals surface area contributed by atoms with E-state index in [-0.39, 0.29) is 0 Å². The molecule has 2 unspecified atom stereocenters. The average molecular weight is 228 g/mol. The number of rotatable bonds is 6. The number of ether oxygens (including phenoxy) is 1. The maximum atomic E-state index is 5.90. The van der Waals surface area contributed by atoms with Crippen LogP contribution in [0.2, 0.25) is 0 Å². The van der Waals surface area contributed by atoms with Crippen molar-refractivity contribution in [1.82, 2.24) is 4.90 Å². The van der Waals surface area contributed by atoms with E-state index in [4.69, 9.17) is 10.5 Å². The third-order valence-corrected chi connectivity index (χ3v) is 3.78. The van der Waals surface area contributed by atoms with E-state index < -0.39 is 0 Å². The SMILES string of the molecule is CCOCCN(C)C1CCCCCC1CN. The third kappa shape index (κ3) is 4.40.